The lowest BCUT2D eigenvalue weighted by molar-refractivity contribution is 0.726. The van der Waals surface area contributed by atoms with Gasteiger partial charge >= 0.3 is 0 Å². The summed E-state index contributed by atoms with van der Waals surface area (Å²) >= 11 is 0. The zero-order valence-corrected chi connectivity index (χ0v) is 10.6. The number of nitriles is 1. The highest BCUT2D eigenvalue weighted by atomic mass is 15.1. The highest BCUT2D eigenvalue weighted by Gasteiger charge is 2.13. The van der Waals surface area contributed by atoms with E-state index in [-0.39, 0.29) is 0 Å². The Balaban J connectivity index is 2.27. The highest BCUT2D eigenvalue weighted by molar-refractivity contribution is 5.60. The first kappa shape index (κ1) is 12.0. The van der Waals surface area contributed by atoms with Gasteiger partial charge in [-0.3, -0.25) is 0 Å². The van der Waals surface area contributed by atoms with Gasteiger partial charge in [-0.15, -0.1) is 0 Å². The molecule has 0 aromatic heterocycles. The maximum Gasteiger partial charge on any atom is 0.101 e. The van der Waals surface area contributed by atoms with E-state index in [1.165, 1.54) is 31.2 Å². The summed E-state index contributed by atoms with van der Waals surface area (Å²) in [6, 6.07) is 8.67. The molecule has 2 heteroatoms. The standard InChI is InChI=1S/C15H20N2/c1-2-13-7-8-15(14(11-13)12-16)17-9-5-3-4-6-10-17/h7-8,11H,2-6,9-10H2,1H3. The van der Waals surface area contributed by atoms with Gasteiger partial charge in [0.2, 0.25) is 0 Å². The van der Waals surface area contributed by atoms with Crippen LogP contribution in [0.4, 0.5) is 5.69 Å². The minimum Gasteiger partial charge on any atom is -0.370 e. The largest absolute Gasteiger partial charge is 0.370 e. The van der Waals surface area contributed by atoms with Crippen LogP contribution < -0.4 is 4.90 Å². The van der Waals surface area contributed by atoms with E-state index in [1.54, 1.807) is 0 Å². The van der Waals surface area contributed by atoms with Crippen molar-refractivity contribution in [3.05, 3.63) is 29.3 Å². The second-order valence-electron chi connectivity index (χ2n) is 4.72. The quantitative estimate of drug-likeness (QED) is 0.774. The summed E-state index contributed by atoms with van der Waals surface area (Å²) in [6.07, 6.45) is 6.15. The zero-order valence-electron chi connectivity index (χ0n) is 10.6. The molecule has 0 N–H and O–H groups in total. The van der Waals surface area contributed by atoms with Crippen molar-refractivity contribution in [3.63, 3.8) is 0 Å². The molecule has 0 bridgehead atoms. The van der Waals surface area contributed by atoms with E-state index in [0.717, 1.165) is 30.8 Å². The van der Waals surface area contributed by atoms with Crippen molar-refractivity contribution in [3.8, 4) is 6.07 Å². The summed E-state index contributed by atoms with van der Waals surface area (Å²) in [4.78, 5) is 2.38. The first-order valence-electron chi connectivity index (χ1n) is 6.63. The van der Waals surface area contributed by atoms with Crippen molar-refractivity contribution in [2.24, 2.45) is 0 Å². The van der Waals surface area contributed by atoms with Crippen molar-refractivity contribution in [2.45, 2.75) is 39.0 Å². The van der Waals surface area contributed by atoms with Gasteiger partial charge in [-0.1, -0.05) is 25.8 Å². The zero-order chi connectivity index (χ0) is 12.1. The lowest BCUT2D eigenvalue weighted by Crippen LogP contribution is -2.24. The van der Waals surface area contributed by atoms with Crippen LogP contribution in [-0.2, 0) is 6.42 Å². The van der Waals surface area contributed by atoms with Crippen molar-refractivity contribution < 1.29 is 0 Å². The number of aryl methyl sites for hydroxylation is 1. The molecule has 0 radical (unpaired) electrons. The molecule has 1 heterocycles. The number of rotatable bonds is 2. The van der Waals surface area contributed by atoms with Crippen molar-refractivity contribution in [2.75, 3.05) is 18.0 Å². The van der Waals surface area contributed by atoms with E-state index >= 15 is 0 Å². The maximum absolute atomic E-state index is 9.26. The fraction of sp³-hybridized carbons (Fsp3) is 0.533. The third-order valence-electron chi connectivity index (χ3n) is 3.54. The van der Waals surface area contributed by atoms with Gasteiger partial charge in [-0.25, -0.2) is 0 Å². The molecule has 1 aliphatic heterocycles. The SMILES string of the molecule is CCc1ccc(N2CCCCCC2)c(C#N)c1. The molecule has 2 rings (SSSR count). The van der Waals surface area contributed by atoms with Crippen molar-refractivity contribution in [1.82, 2.24) is 0 Å². The van der Waals surface area contributed by atoms with Gasteiger partial charge in [-0.05, 0) is 37.0 Å². The first-order valence-corrected chi connectivity index (χ1v) is 6.63. The molecule has 0 amide bonds. The molecule has 0 atom stereocenters. The van der Waals surface area contributed by atoms with Gasteiger partial charge in [0.15, 0.2) is 0 Å². The average molecular weight is 228 g/mol. The van der Waals surface area contributed by atoms with Gasteiger partial charge in [0.25, 0.3) is 0 Å². The van der Waals surface area contributed by atoms with E-state index < -0.39 is 0 Å². The van der Waals surface area contributed by atoms with Gasteiger partial charge in [0.05, 0.1) is 11.3 Å². The van der Waals surface area contributed by atoms with Crippen LogP contribution in [0.2, 0.25) is 0 Å². The van der Waals surface area contributed by atoms with Gasteiger partial charge in [-0.2, -0.15) is 5.26 Å². The molecule has 1 aromatic rings. The summed E-state index contributed by atoms with van der Waals surface area (Å²) in [5.41, 5.74) is 3.22. The predicted octanol–water partition coefficient (Wildman–Crippen LogP) is 3.50. The predicted molar refractivity (Wildman–Crippen MR) is 71.2 cm³/mol. The number of hydrogen-bond donors (Lipinski definition) is 0. The monoisotopic (exact) mass is 228 g/mol. The molecule has 1 aromatic carbocycles. The van der Waals surface area contributed by atoms with Crippen LogP contribution in [0.5, 0.6) is 0 Å². The number of benzene rings is 1. The Kier molecular flexibility index (Phi) is 4.03. The Hall–Kier alpha value is -1.49. The van der Waals surface area contributed by atoms with Crippen LogP contribution in [0.3, 0.4) is 0 Å². The van der Waals surface area contributed by atoms with E-state index in [0.29, 0.717) is 0 Å². The summed E-state index contributed by atoms with van der Waals surface area (Å²) in [5, 5.41) is 9.26. The minimum absolute atomic E-state index is 0.839. The molecule has 17 heavy (non-hydrogen) atoms. The Morgan fingerprint density at radius 2 is 1.88 bits per heavy atom. The number of nitrogens with zero attached hydrogens (tertiary/aromatic N) is 2. The summed E-state index contributed by atoms with van der Waals surface area (Å²) < 4.78 is 0. The normalized spacial score (nSPS) is 16.4. The third kappa shape index (κ3) is 2.79. The lowest BCUT2D eigenvalue weighted by atomic mass is 10.1. The molecule has 0 aliphatic carbocycles. The fourth-order valence-electron chi connectivity index (χ4n) is 2.48. The second kappa shape index (κ2) is 5.72. The Morgan fingerprint density at radius 1 is 1.18 bits per heavy atom. The summed E-state index contributed by atoms with van der Waals surface area (Å²) in [6.45, 7) is 4.32. The molecule has 0 saturated carbocycles. The molecule has 1 fully saturated rings. The maximum atomic E-state index is 9.26. The second-order valence-corrected chi connectivity index (χ2v) is 4.72. The Morgan fingerprint density at radius 3 is 2.47 bits per heavy atom. The van der Waals surface area contributed by atoms with E-state index in [4.69, 9.17) is 0 Å². The van der Waals surface area contributed by atoms with Gasteiger partial charge in [0.1, 0.15) is 6.07 Å². The highest BCUT2D eigenvalue weighted by Crippen LogP contribution is 2.24. The van der Waals surface area contributed by atoms with Crippen molar-refractivity contribution in [1.29, 1.82) is 5.26 Å². The molecular weight excluding hydrogens is 208 g/mol. The van der Waals surface area contributed by atoms with Crippen LogP contribution in [0.15, 0.2) is 18.2 Å². The van der Waals surface area contributed by atoms with Gasteiger partial charge in [0, 0.05) is 13.1 Å². The molecule has 0 unspecified atom stereocenters. The Labute approximate surface area is 104 Å². The number of hydrogen-bond acceptors (Lipinski definition) is 2. The van der Waals surface area contributed by atoms with Gasteiger partial charge < -0.3 is 4.90 Å². The summed E-state index contributed by atoms with van der Waals surface area (Å²) in [5.74, 6) is 0. The van der Waals surface area contributed by atoms with Crippen LogP contribution >= 0.6 is 0 Å². The average Bonchev–Trinajstić information content (AvgIpc) is 2.66. The van der Waals surface area contributed by atoms with Crippen LogP contribution in [0, 0.1) is 11.3 Å². The first-order chi connectivity index (χ1) is 8.35. The minimum atomic E-state index is 0.839. The molecule has 1 aliphatic rings. The number of anilines is 1. The lowest BCUT2D eigenvalue weighted by Gasteiger charge is -2.24. The van der Waals surface area contributed by atoms with Crippen LogP contribution in [0.25, 0.3) is 0 Å². The van der Waals surface area contributed by atoms with E-state index in [9.17, 15) is 5.26 Å². The molecule has 1 saturated heterocycles. The van der Waals surface area contributed by atoms with E-state index in [1.807, 2.05) is 6.07 Å². The summed E-state index contributed by atoms with van der Waals surface area (Å²) in [7, 11) is 0. The topological polar surface area (TPSA) is 27.0 Å². The Bertz CT molecular complexity index is 409. The molecule has 90 valence electrons. The van der Waals surface area contributed by atoms with Crippen LogP contribution in [-0.4, -0.2) is 13.1 Å². The third-order valence-corrected chi connectivity index (χ3v) is 3.54. The van der Waals surface area contributed by atoms with E-state index in [2.05, 4.69) is 30.0 Å². The molecular formula is C15H20N2. The molecule has 0 spiro atoms. The molecule has 2 nitrogen and oxygen atoms in total. The van der Waals surface area contributed by atoms with Crippen LogP contribution in [0.1, 0.15) is 43.7 Å². The smallest absolute Gasteiger partial charge is 0.101 e. The van der Waals surface area contributed by atoms with Crippen molar-refractivity contribution >= 4 is 5.69 Å². The fourth-order valence-corrected chi connectivity index (χ4v) is 2.48.